The summed E-state index contributed by atoms with van der Waals surface area (Å²) in [5.74, 6) is 2.03. The van der Waals surface area contributed by atoms with Crippen molar-refractivity contribution in [1.29, 1.82) is 0 Å². The molecule has 0 bridgehead atoms. The summed E-state index contributed by atoms with van der Waals surface area (Å²) in [6.07, 6.45) is 1.79. The molecule has 0 aliphatic rings. The van der Waals surface area contributed by atoms with Crippen molar-refractivity contribution in [2.24, 2.45) is 5.92 Å². The average Bonchev–Trinajstić information content (AvgIpc) is 2.70. The van der Waals surface area contributed by atoms with Crippen molar-refractivity contribution in [2.45, 2.75) is 20.4 Å². The van der Waals surface area contributed by atoms with Crippen LogP contribution in [0.5, 0.6) is 5.75 Å². The second kappa shape index (κ2) is 5.65. The van der Waals surface area contributed by atoms with Gasteiger partial charge in [-0.15, -0.1) is 0 Å². The zero-order valence-electron chi connectivity index (χ0n) is 11.4. The second-order valence-corrected chi connectivity index (χ2v) is 5.73. The van der Waals surface area contributed by atoms with Gasteiger partial charge in [0.05, 0.1) is 17.9 Å². The molecule has 0 radical (unpaired) electrons. The number of methoxy groups -OCH3 is 1. The Hall–Kier alpha value is -1.49. The van der Waals surface area contributed by atoms with E-state index in [1.165, 1.54) is 0 Å². The Morgan fingerprint density at radius 2 is 2.16 bits per heavy atom. The number of nitrogens with zero attached hydrogens (tertiary/aromatic N) is 2. The van der Waals surface area contributed by atoms with Crippen LogP contribution >= 0.6 is 15.9 Å². The number of aromatic nitrogens is 2. The molecule has 1 heterocycles. The molecule has 1 aromatic carbocycles. The molecule has 0 aliphatic carbocycles. The van der Waals surface area contributed by atoms with Crippen molar-refractivity contribution in [2.75, 3.05) is 12.8 Å². The lowest BCUT2D eigenvalue weighted by atomic mass is 10.1. The van der Waals surface area contributed by atoms with Gasteiger partial charge in [0.2, 0.25) is 0 Å². The minimum atomic E-state index is 0.534. The molecule has 2 N–H and O–H groups in total. The number of halogens is 1. The molecule has 2 aromatic rings. The molecule has 0 aliphatic heterocycles. The van der Waals surface area contributed by atoms with Crippen molar-refractivity contribution in [1.82, 2.24) is 9.55 Å². The van der Waals surface area contributed by atoms with Crippen molar-refractivity contribution in [3.8, 4) is 17.0 Å². The molecule has 102 valence electrons. The smallest absolute Gasteiger partial charge is 0.133 e. The van der Waals surface area contributed by atoms with Crippen molar-refractivity contribution in [3.63, 3.8) is 0 Å². The Kier molecular flexibility index (Phi) is 4.14. The van der Waals surface area contributed by atoms with Crippen LogP contribution in [0.25, 0.3) is 11.3 Å². The first-order valence-electron chi connectivity index (χ1n) is 6.17. The Morgan fingerprint density at radius 1 is 1.42 bits per heavy atom. The van der Waals surface area contributed by atoms with E-state index in [4.69, 9.17) is 10.5 Å². The van der Waals surface area contributed by atoms with E-state index >= 15 is 0 Å². The number of anilines is 1. The Bertz CT molecular complexity index is 578. The normalized spacial score (nSPS) is 11.0. The first kappa shape index (κ1) is 13.9. The highest BCUT2D eigenvalue weighted by Crippen LogP contribution is 2.32. The van der Waals surface area contributed by atoms with E-state index in [2.05, 4.69) is 34.8 Å². The molecule has 0 saturated heterocycles. The lowest BCUT2D eigenvalue weighted by Gasteiger charge is -2.09. The number of nitrogen functional groups attached to an aromatic ring is 1. The highest BCUT2D eigenvalue weighted by molar-refractivity contribution is 9.10. The van der Waals surface area contributed by atoms with Crippen LogP contribution in [-0.2, 0) is 6.54 Å². The summed E-state index contributed by atoms with van der Waals surface area (Å²) < 4.78 is 8.10. The molecule has 4 nitrogen and oxygen atoms in total. The highest BCUT2D eigenvalue weighted by atomic mass is 79.9. The maximum Gasteiger partial charge on any atom is 0.133 e. The van der Waals surface area contributed by atoms with E-state index in [0.717, 1.165) is 28.0 Å². The van der Waals surface area contributed by atoms with Crippen molar-refractivity contribution < 1.29 is 4.74 Å². The number of nitrogens with two attached hydrogens (primary N) is 1. The van der Waals surface area contributed by atoms with Gasteiger partial charge in [-0.3, -0.25) is 0 Å². The van der Waals surface area contributed by atoms with E-state index in [1.54, 1.807) is 13.4 Å². The van der Waals surface area contributed by atoms with Gasteiger partial charge in [0.1, 0.15) is 17.3 Å². The van der Waals surface area contributed by atoms with E-state index < -0.39 is 0 Å². The van der Waals surface area contributed by atoms with Crippen LogP contribution in [0.1, 0.15) is 13.8 Å². The third-order valence-electron chi connectivity index (χ3n) is 2.87. The average molecular weight is 324 g/mol. The van der Waals surface area contributed by atoms with E-state index in [-0.39, 0.29) is 0 Å². The summed E-state index contributed by atoms with van der Waals surface area (Å²) in [5, 5.41) is 0. The predicted molar refractivity (Wildman–Crippen MR) is 81.2 cm³/mol. The molecular weight excluding hydrogens is 306 g/mol. The van der Waals surface area contributed by atoms with Gasteiger partial charge in [-0.25, -0.2) is 4.98 Å². The molecule has 0 spiro atoms. The Balaban J connectivity index is 2.37. The quantitative estimate of drug-likeness (QED) is 0.935. The highest BCUT2D eigenvalue weighted by Gasteiger charge is 2.12. The van der Waals surface area contributed by atoms with Crippen molar-refractivity contribution >= 4 is 21.7 Å². The fourth-order valence-electron chi connectivity index (χ4n) is 1.97. The third-order valence-corrected chi connectivity index (χ3v) is 3.49. The van der Waals surface area contributed by atoms with Crippen LogP contribution < -0.4 is 10.5 Å². The Labute approximate surface area is 121 Å². The van der Waals surface area contributed by atoms with Gasteiger partial charge in [0.15, 0.2) is 0 Å². The first-order chi connectivity index (χ1) is 9.02. The van der Waals surface area contributed by atoms with E-state index in [0.29, 0.717) is 11.7 Å². The van der Waals surface area contributed by atoms with Gasteiger partial charge in [-0.1, -0.05) is 13.8 Å². The molecule has 0 unspecified atom stereocenters. The van der Waals surface area contributed by atoms with E-state index in [1.807, 2.05) is 22.8 Å². The topological polar surface area (TPSA) is 53.1 Å². The molecule has 0 atom stereocenters. The fourth-order valence-corrected chi connectivity index (χ4v) is 2.51. The lowest BCUT2D eigenvalue weighted by molar-refractivity contribution is 0.412. The van der Waals surface area contributed by atoms with Crippen molar-refractivity contribution in [3.05, 3.63) is 29.0 Å². The minimum Gasteiger partial charge on any atom is -0.496 e. The standard InChI is InChI=1S/C14H18BrN3O/c1-9(2)7-18-8-17-13(14(18)16)10-4-5-12(19-3)11(15)6-10/h4-6,8-9H,7,16H2,1-3H3. The molecule has 19 heavy (non-hydrogen) atoms. The van der Waals surface area contributed by atoms with Crippen LogP contribution in [0.2, 0.25) is 0 Å². The number of hydrogen-bond donors (Lipinski definition) is 1. The van der Waals surface area contributed by atoms with E-state index in [9.17, 15) is 0 Å². The summed E-state index contributed by atoms with van der Waals surface area (Å²) in [6.45, 7) is 5.18. The monoisotopic (exact) mass is 323 g/mol. The summed E-state index contributed by atoms with van der Waals surface area (Å²) in [4.78, 5) is 4.41. The molecule has 0 amide bonds. The first-order valence-corrected chi connectivity index (χ1v) is 6.96. The maximum atomic E-state index is 6.16. The van der Waals surface area contributed by atoms with Crippen LogP contribution in [0.15, 0.2) is 29.0 Å². The van der Waals surface area contributed by atoms with Crippen LogP contribution in [0.3, 0.4) is 0 Å². The predicted octanol–water partition coefficient (Wildman–Crippen LogP) is 3.56. The summed E-state index contributed by atoms with van der Waals surface area (Å²) in [6, 6.07) is 5.83. The summed E-state index contributed by atoms with van der Waals surface area (Å²) >= 11 is 3.48. The zero-order valence-corrected chi connectivity index (χ0v) is 12.9. The van der Waals surface area contributed by atoms with Gasteiger partial charge >= 0.3 is 0 Å². The van der Waals surface area contributed by atoms with Gasteiger partial charge in [-0.2, -0.15) is 0 Å². The molecule has 5 heteroatoms. The summed E-state index contributed by atoms with van der Waals surface area (Å²) in [5.41, 5.74) is 7.95. The molecule has 1 aromatic heterocycles. The van der Waals surface area contributed by atoms with Crippen LogP contribution in [0, 0.1) is 5.92 Å². The maximum absolute atomic E-state index is 6.16. The Morgan fingerprint density at radius 3 is 2.74 bits per heavy atom. The number of imidazole rings is 1. The largest absolute Gasteiger partial charge is 0.496 e. The van der Waals surface area contributed by atoms with Gasteiger partial charge in [-0.05, 0) is 40.0 Å². The zero-order chi connectivity index (χ0) is 14.0. The second-order valence-electron chi connectivity index (χ2n) is 4.87. The number of hydrogen-bond acceptors (Lipinski definition) is 3. The van der Waals surface area contributed by atoms with Gasteiger partial charge in [0.25, 0.3) is 0 Å². The number of benzene rings is 1. The van der Waals surface area contributed by atoms with Gasteiger partial charge in [0, 0.05) is 12.1 Å². The van der Waals surface area contributed by atoms with Crippen LogP contribution in [0.4, 0.5) is 5.82 Å². The number of rotatable bonds is 4. The SMILES string of the molecule is COc1ccc(-c2ncn(CC(C)C)c2N)cc1Br. The minimum absolute atomic E-state index is 0.534. The fraction of sp³-hybridized carbons (Fsp3) is 0.357. The van der Waals surface area contributed by atoms with Crippen LogP contribution in [-0.4, -0.2) is 16.7 Å². The number of ether oxygens (including phenoxy) is 1. The molecule has 0 fully saturated rings. The molecule has 2 rings (SSSR count). The summed E-state index contributed by atoms with van der Waals surface area (Å²) in [7, 11) is 1.64. The van der Waals surface area contributed by atoms with Gasteiger partial charge < -0.3 is 15.0 Å². The lowest BCUT2D eigenvalue weighted by Crippen LogP contribution is -2.06. The molecule has 0 saturated carbocycles. The molecular formula is C14H18BrN3O. The third kappa shape index (κ3) is 2.92.